The Morgan fingerprint density at radius 2 is 2.31 bits per heavy atom. The molecule has 2 fully saturated rings. The zero-order valence-corrected chi connectivity index (χ0v) is 8.55. The van der Waals surface area contributed by atoms with Crippen molar-refractivity contribution in [1.82, 2.24) is 0 Å². The van der Waals surface area contributed by atoms with Gasteiger partial charge in [-0.05, 0) is 30.6 Å². The first-order valence-electron chi connectivity index (χ1n) is 4.91. The third-order valence-corrected chi connectivity index (χ3v) is 4.70. The molecule has 13 heavy (non-hydrogen) atoms. The molecule has 2 bridgehead atoms. The molecule has 0 unspecified atom stereocenters. The second-order valence-electron chi connectivity index (χ2n) is 4.76. The van der Waals surface area contributed by atoms with E-state index in [4.69, 9.17) is 16.7 Å². The van der Waals surface area contributed by atoms with Gasteiger partial charge in [0.1, 0.15) is 0 Å². The molecule has 0 amide bonds. The highest BCUT2D eigenvalue weighted by molar-refractivity contribution is 6.21. The second kappa shape index (κ2) is 2.88. The number of rotatable bonds is 1. The molecule has 2 rings (SSSR count). The lowest BCUT2D eigenvalue weighted by Gasteiger charge is -2.34. The lowest BCUT2D eigenvalue weighted by molar-refractivity contribution is -0.143. The standard InChI is InChI=1S/C10H15ClO2/c1-10-4-2-3-6(8(10)11)7(5-10)9(12)13/h6-8H,2-5H2,1H3,(H,12,13)/t6-,7-,8-,10+/m1/s1. The maximum absolute atomic E-state index is 11.0. The summed E-state index contributed by atoms with van der Waals surface area (Å²) in [4.78, 5) is 11.0. The van der Waals surface area contributed by atoms with Crippen molar-refractivity contribution in [2.24, 2.45) is 17.3 Å². The summed E-state index contributed by atoms with van der Waals surface area (Å²) in [7, 11) is 0. The third kappa shape index (κ3) is 1.26. The summed E-state index contributed by atoms with van der Waals surface area (Å²) in [6.45, 7) is 2.14. The van der Waals surface area contributed by atoms with Gasteiger partial charge in [-0.1, -0.05) is 13.3 Å². The van der Waals surface area contributed by atoms with Gasteiger partial charge in [0.25, 0.3) is 0 Å². The number of fused-ring (bicyclic) bond motifs is 2. The molecule has 2 aliphatic carbocycles. The number of alkyl halides is 1. The van der Waals surface area contributed by atoms with Gasteiger partial charge in [-0.2, -0.15) is 0 Å². The molecule has 2 aliphatic rings. The molecule has 0 aromatic heterocycles. The highest BCUT2D eigenvalue weighted by Gasteiger charge is 2.54. The molecule has 0 spiro atoms. The molecule has 0 aliphatic heterocycles. The van der Waals surface area contributed by atoms with Crippen LogP contribution in [0.2, 0.25) is 0 Å². The van der Waals surface area contributed by atoms with Crippen molar-refractivity contribution in [3.8, 4) is 0 Å². The van der Waals surface area contributed by atoms with E-state index in [2.05, 4.69) is 6.92 Å². The average Bonchev–Trinajstić information content (AvgIpc) is 2.25. The Labute approximate surface area is 83.3 Å². The zero-order valence-electron chi connectivity index (χ0n) is 7.79. The van der Waals surface area contributed by atoms with E-state index in [1.54, 1.807) is 0 Å². The quantitative estimate of drug-likeness (QED) is 0.664. The van der Waals surface area contributed by atoms with Crippen molar-refractivity contribution in [3.63, 3.8) is 0 Å². The molecule has 4 atom stereocenters. The van der Waals surface area contributed by atoms with Crippen molar-refractivity contribution in [3.05, 3.63) is 0 Å². The first-order valence-corrected chi connectivity index (χ1v) is 5.35. The molecule has 0 radical (unpaired) electrons. The van der Waals surface area contributed by atoms with E-state index in [0.717, 1.165) is 25.7 Å². The predicted molar refractivity (Wildman–Crippen MR) is 50.8 cm³/mol. The van der Waals surface area contributed by atoms with Crippen molar-refractivity contribution in [2.75, 3.05) is 0 Å². The molecule has 0 aromatic carbocycles. The van der Waals surface area contributed by atoms with Crippen molar-refractivity contribution < 1.29 is 9.90 Å². The number of hydrogen-bond acceptors (Lipinski definition) is 1. The SMILES string of the molecule is C[C@@]12CCC[C@@H]([C@H]1Cl)[C@H](C(=O)O)C2. The number of hydrogen-bond donors (Lipinski definition) is 1. The van der Waals surface area contributed by atoms with E-state index < -0.39 is 5.97 Å². The zero-order chi connectivity index (χ0) is 9.64. The van der Waals surface area contributed by atoms with Crippen LogP contribution in [-0.4, -0.2) is 16.5 Å². The van der Waals surface area contributed by atoms with Crippen LogP contribution < -0.4 is 0 Å². The van der Waals surface area contributed by atoms with E-state index in [0.29, 0.717) is 0 Å². The molecular weight excluding hydrogens is 188 g/mol. The number of carboxylic acids is 1. The van der Waals surface area contributed by atoms with Crippen molar-refractivity contribution in [2.45, 2.75) is 38.0 Å². The summed E-state index contributed by atoms with van der Waals surface area (Å²) in [6.07, 6.45) is 4.03. The van der Waals surface area contributed by atoms with Gasteiger partial charge in [0.15, 0.2) is 0 Å². The van der Waals surface area contributed by atoms with E-state index in [1.807, 2.05) is 0 Å². The molecule has 0 heterocycles. The Bertz CT molecular complexity index is 241. The fourth-order valence-corrected chi connectivity index (χ4v) is 3.59. The Hall–Kier alpha value is -0.240. The maximum Gasteiger partial charge on any atom is 0.306 e. The first-order chi connectivity index (χ1) is 6.04. The van der Waals surface area contributed by atoms with Gasteiger partial charge in [-0.3, -0.25) is 4.79 Å². The minimum Gasteiger partial charge on any atom is -0.481 e. The fraction of sp³-hybridized carbons (Fsp3) is 0.900. The van der Waals surface area contributed by atoms with Gasteiger partial charge in [0, 0.05) is 5.38 Å². The van der Waals surface area contributed by atoms with Crippen LogP contribution >= 0.6 is 11.6 Å². The molecule has 0 saturated heterocycles. The number of carbonyl (C=O) groups is 1. The molecule has 2 saturated carbocycles. The van der Waals surface area contributed by atoms with Gasteiger partial charge in [-0.25, -0.2) is 0 Å². The summed E-state index contributed by atoms with van der Waals surface area (Å²) in [6, 6.07) is 0. The van der Waals surface area contributed by atoms with Crippen LogP contribution in [0, 0.1) is 17.3 Å². The topological polar surface area (TPSA) is 37.3 Å². The number of aliphatic carboxylic acids is 1. The lowest BCUT2D eigenvalue weighted by atomic mass is 9.77. The largest absolute Gasteiger partial charge is 0.481 e. The van der Waals surface area contributed by atoms with E-state index in [9.17, 15) is 4.79 Å². The second-order valence-corrected chi connectivity index (χ2v) is 5.23. The predicted octanol–water partition coefficient (Wildman–Crippen LogP) is 2.50. The molecule has 3 heteroatoms. The van der Waals surface area contributed by atoms with Gasteiger partial charge in [-0.15, -0.1) is 11.6 Å². The molecule has 0 aromatic rings. The lowest BCUT2D eigenvalue weighted by Crippen LogP contribution is -2.31. The summed E-state index contributed by atoms with van der Waals surface area (Å²) < 4.78 is 0. The maximum atomic E-state index is 11.0. The average molecular weight is 203 g/mol. The smallest absolute Gasteiger partial charge is 0.306 e. The van der Waals surface area contributed by atoms with Gasteiger partial charge in [0.2, 0.25) is 0 Å². The summed E-state index contributed by atoms with van der Waals surface area (Å²) in [5.74, 6) is -0.616. The molecular formula is C10H15ClO2. The highest BCUT2D eigenvalue weighted by Crippen LogP contribution is 2.56. The number of carboxylic acid groups (broad SMARTS) is 1. The van der Waals surface area contributed by atoms with Crippen LogP contribution in [0.4, 0.5) is 0 Å². The minimum absolute atomic E-state index is 0.0855. The Morgan fingerprint density at radius 1 is 1.62 bits per heavy atom. The minimum atomic E-state index is -0.652. The van der Waals surface area contributed by atoms with Crippen LogP contribution in [0.25, 0.3) is 0 Å². The van der Waals surface area contributed by atoms with Crippen molar-refractivity contribution in [1.29, 1.82) is 0 Å². The van der Waals surface area contributed by atoms with E-state index >= 15 is 0 Å². The van der Waals surface area contributed by atoms with E-state index in [1.165, 1.54) is 0 Å². The van der Waals surface area contributed by atoms with Crippen LogP contribution in [0.3, 0.4) is 0 Å². The Kier molecular flexibility index (Phi) is 2.06. The highest BCUT2D eigenvalue weighted by atomic mass is 35.5. The number of halogens is 1. The van der Waals surface area contributed by atoms with Gasteiger partial charge < -0.3 is 5.11 Å². The molecule has 74 valence electrons. The summed E-state index contributed by atoms with van der Waals surface area (Å²) >= 11 is 6.30. The van der Waals surface area contributed by atoms with Crippen LogP contribution in [0.1, 0.15) is 32.6 Å². The fourth-order valence-electron chi connectivity index (χ4n) is 3.09. The van der Waals surface area contributed by atoms with Crippen LogP contribution in [0.5, 0.6) is 0 Å². The Morgan fingerprint density at radius 3 is 2.85 bits per heavy atom. The van der Waals surface area contributed by atoms with Crippen LogP contribution in [-0.2, 0) is 4.79 Å². The van der Waals surface area contributed by atoms with Crippen LogP contribution in [0.15, 0.2) is 0 Å². The van der Waals surface area contributed by atoms with Gasteiger partial charge >= 0.3 is 5.97 Å². The molecule has 1 N–H and O–H groups in total. The first kappa shape index (κ1) is 9.32. The third-order valence-electron chi connectivity index (χ3n) is 3.85. The molecule has 2 nitrogen and oxygen atoms in total. The Balaban J connectivity index is 2.26. The normalized spacial score (nSPS) is 49.2. The van der Waals surface area contributed by atoms with E-state index in [-0.39, 0.29) is 22.6 Å². The monoisotopic (exact) mass is 202 g/mol. The summed E-state index contributed by atoms with van der Waals surface area (Å²) in [5.41, 5.74) is 0.0908. The summed E-state index contributed by atoms with van der Waals surface area (Å²) in [5, 5.41) is 9.12. The van der Waals surface area contributed by atoms with Crippen molar-refractivity contribution >= 4 is 17.6 Å². The van der Waals surface area contributed by atoms with Gasteiger partial charge in [0.05, 0.1) is 5.92 Å².